The average molecular weight is 302 g/mol. The molecular formula is C21H35N. The number of hydrogen-bond donors (Lipinski definition) is 0. The normalized spacial score (nSPS) is 23.1. The summed E-state index contributed by atoms with van der Waals surface area (Å²) in [6.45, 7) is 5.40. The second kappa shape index (κ2) is 10.0. The molecule has 0 saturated heterocycles. The Bertz CT molecular complexity index is 361. The molecule has 0 spiro atoms. The van der Waals surface area contributed by atoms with E-state index in [1.54, 1.807) is 0 Å². The van der Waals surface area contributed by atoms with E-state index in [2.05, 4.69) is 49.1 Å². The second-order valence-corrected chi connectivity index (χ2v) is 7.12. The molecule has 0 amide bonds. The molecule has 0 unspecified atom stereocenters. The summed E-state index contributed by atoms with van der Waals surface area (Å²) in [7, 11) is 0. The zero-order valence-electron chi connectivity index (χ0n) is 14.8. The summed E-state index contributed by atoms with van der Waals surface area (Å²) < 4.78 is 0. The largest absolute Gasteiger partial charge is 0.294 e. The first-order chi connectivity index (χ1) is 10.8. The molecule has 0 bridgehead atoms. The van der Waals surface area contributed by atoms with Crippen molar-refractivity contribution in [1.82, 2.24) is 4.90 Å². The Kier molecular flexibility index (Phi) is 8.01. The van der Waals surface area contributed by atoms with E-state index < -0.39 is 0 Å². The molecule has 2 rings (SSSR count). The van der Waals surface area contributed by atoms with Crippen LogP contribution in [0.5, 0.6) is 0 Å². The number of nitrogens with zero attached hydrogens (tertiary/aromatic N) is 1. The van der Waals surface area contributed by atoms with Crippen LogP contribution < -0.4 is 0 Å². The van der Waals surface area contributed by atoms with Gasteiger partial charge < -0.3 is 0 Å². The molecule has 0 aromatic carbocycles. The van der Waals surface area contributed by atoms with Gasteiger partial charge in [-0.2, -0.15) is 0 Å². The van der Waals surface area contributed by atoms with Gasteiger partial charge in [-0.25, -0.2) is 0 Å². The Morgan fingerprint density at radius 1 is 0.909 bits per heavy atom. The summed E-state index contributed by atoms with van der Waals surface area (Å²) in [4.78, 5) is 2.85. The van der Waals surface area contributed by atoms with Gasteiger partial charge in [-0.1, -0.05) is 74.5 Å². The quantitative estimate of drug-likeness (QED) is 0.541. The van der Waals surface area contributed by atoms with Crippen LogP contribution in [0.1, 0.15) is 78.1 Å². The zero-order valence-corrected chi connectivity index (χ0v) is 14.8. The lowest BCUT2D eigenvalue weighted by Crippen LogP contribution is -2.45. The fourth-order valence-electron chi connectivity index (χ4n) is 4.14. The van der Waals surface area contributed by atoms with Gasteiger partial charge in [0, 0.05) is 18.6 Å². The lowest BCUT2D eigenvalue weighted by atomic mass is 9.88. The van der Waals surface area contributed by atoms with Crippen molar-refractivity contribution in [3.05, 3.63) is 36.0 Å². The Hall–Kier alpha value is -0.820. The van der Waals surface area contributed by atoms with Gasteiger partial charge in [-0.05, 0) is 39.5 Å². The molecule has 2 aliphatic carbocycles. The van der Waals surface area contributed by atoms with Gasteiger partial charge in [0.05, 0.1) is 0 Å². The molecule has 2 saturated carbocycles. The number of allylic oxidation sites excluding steroid dienone is 5. The molecule has 0 aromatic rings. The third-order valence-electron chi connectivity index (χ3n) is 5.33. The van der Waals surface area contributed by atoms with E-state index in [4.69, 9.17) is 0 Å². The van der Waals surface area contributed by atoms with Gasteiger partial charge in [-0.3, -0.25) is 4.90 Å². The molecule has 2 fully saturated rings. The summed E-state index contributed by atoms with van der Waals surface area (Å²) in [6, 6.07) is 1.70. The van der Waals surface area contributed by atoms with Crippen molar-refractivity contribution in [2.24, 2.45) is 0 Å². The average Bonchev–Trinajstić information content (AvgIpc) is 2.57. The molecule has 2 aliphatic rings. The van der Waals surface area contributed by atoms with Gasteiger partial charge in [0.15, 0.2) is 0 Å². The molecule has 1 heteroatoms. The highest BCUT2D eigenvalue weighted by Gasteiger charge is 2.27. The van der Waals surface area contributed by atoms with Crippen LogP contribution in [-0.2, 0) is 0 Å². The number of hydrogen-bond acceptors (Lipinski definition) is 1. The predicted octanol–water partition coefficient (Wildman–Crippen LogP) is 6.03. The van der Waals surface area contributed by atoms with E-state index in [-0.39, 0.29) is 0 Å². The van der Waals surface area contributed by atoms with Crippen molar-refractivity contribution in [2.75, 3.05) is 6.54 Å². The van der Waals surface area contributed by atoms with Gasteiger partial charge in [0.2, 0.25) is 0 Å². The second-order valence-electron chi connectivity index (χ2n) is 7.12. The van der Waals surface area contributed by atoms with Crippen LogP contribution in [0.3, 0.4) is 0 Å². The fraction of sp³-hybridized carbons (Fsp3) is 0.714. The molecule has 22 heavy (non-hydrogen) atoms. The van der Waals surface area contributed by atoms with Crippen molar-refractivity contribution >= 4 is 0 Å². The van der Waals surface area contributed by atoms with Gasteiger partial charge in [-0.15, -0.1) is 0 Å². The molecule has 0 heterocycles. The summed E-state index contributed by atoms with van der Waals surface area (Å²) in [5.74, 6) is 0. The fourth-order valence-corrected chi connectivity index (χ4v) is 4.14. The van der Waals surface area contributed by atoms with Gasteiger partial charge in [0.1, 0.15) is 0 Å². The SMILES string of the molecule is C\C=C/C(C)=C\C=C\CN(C1CCCCC1)C1CCCCC1. The number of rotatable bonds is 6. The lowest BCUT2D eigenvalue weighted by Gasteiger charge is -2.41. The maximum absolute atomic E-state index is 2.85. The van der Waals surface area contributed by atoms with Crippen LogP contribution in [0, 0.1) is 0 Å². The first kappa shape index (κ1) is 17.5. The van der Waals surface area contributed by atoms with E-state index in [1.807, 2.05) is 0 Å². The Labute approximate surface area is 138 Å². The van der Waals surface area contributed by atoms with Crippen LogP contribution >= 0.6 is 0 Å². The summed E-state index contributed by atoms with van der Waals surface area (Å²) in [5.41, 5.74) is 1.33. The standard InChI is InChI=1S/C21H35N/c1-3-12-19(2)13-10-11-18-22(20-14-6-4-7-15-20)21-16-8-5-9-17-21/h3,10-13,20-21H,4-9,14-18H2,1-2H3/b11-10+,12-3-,19-13-. The van der Waals surface area contributed by atoms with E-state index in [0.29, 0.717) is 0 Å². The van der Waals surface area contributed by atoms with E-state index in [9.17, 15) is 0 Å². The zero-order chi connectivity index (χ0) is 15.6. The summed E-state index contributed by atoms with van der Waals surface area (Å²) in [6.07, 6.45) is 25.5. The minimum atomic E-state index is 0.849. The minimum absolute atomic E-state index is 0.849. The monoisotopic (exact) mass is 301 g/mol. The minimum Gasteiger partial charge on any atom is -0.294 e. The predicted molar refractivity (Wildman–Crippen MR) is 98.2 cm³/mol. The van der Waals surface area contributed by atoms with Gasteiger partial charge in [0.25, 0.3) is 0 Å². The highest BCUT2D eigenvalue weighted by Crippen LogP contribution is 2.29. The highest BCUT2D eigenvalue weighted by atomic mass is 15.2. The summed E-state index contributed by atoms with van der Waals surface area (Å²) in [5, 5.41) is 0. The van der Waals surface area contributed by atoms with Crippen LogP contribution in [0.15, 0.2) is 36.0 Å². The third kappa shape index (κ3) is 5.76. The Morgan fingerprint density at radius 3 is 1.95 bits per heavy atom. The first-order valence-electron chi connectivity index (χ1n) is 9.53. The highest BCUT2D eigenvalue weighted by molar-refractivity contribution is 5.21. The van der Waals surface area contributed by atoms with Crippen molar-refractivity contribution < 1.29 is 0 Å². The van der Waals surface area contributed by atoms with Crippen molar-refractivity contribution in [2.45, 2.75) is 90.1 Å². The van der Waals surface area contributed by atoms with Crippen LogP contribution in [0.25, 0.3) is 0 Å². The van der Waals surface area contributed by atoms with E-state index in [0.717, 1.165) is 18.6 Å². The molecule has 124 valence electrons. The smallest absolute Gasteiger partial charge is 0.0172 e. The molecular weight excluding hydrogens is 266 g/mol. The Balaban J connectivity index is 1.94. The van der Waals surface area contributed by atoms with Crippen LogP contribution in [0.2, 0.25) is 0 Å². The Morgan fingerprint density at radius 2 is 1.45 bits per heavy atom. The van der Waals surface area contributed by atoms with Crippen LogP contribution in [-0.4, -0.2) is 23.5 Å². The topological polar surface area (TPSA) is 3.24 Å². The van der Waals surface area contributed by atoms with Crippen LogP contribution in [0.4, 0.5) is 0 Å². The molecule has 0 radical (unpaired) electrons. The van der Waals surface area contributed by atoms with Gasteiger partial charge >= 0.3 is 0 Å². The molecule has 1 nitrogen and oxygen atoms in total. The lowest BCUT2D eigenvalue weighted by molar-refractivity contribution is 0.0939. The van der Waals surface area contributed by atoms with Crippen molar-refractivity contribution in [1.29, 1.82) is 0 Å². The summed E-state index contributed by atoms with van der Waals surface area (Å²) >= 11 is 0. The molecule has 0 aliphatic heterocycles. The maximum Gasteiger partial charge on any atom is 0.0172 e. The van der Waals surface area contributed by atoms with E-state index in [1.165, 1.54) is 69.8 Å². The van der Waals surface area contributed by atoms with Crippen molar-refractivity contribution in [3.8, 4) is 0 Å². The molecule has 0 atom stereocenters. The van der Waals surface area contributed by atoms with Crippen molar-refractivity contribution in [3.63, 3.8) is 0 Å². The van der Waals surface area contributed by atoms with E-state index >= 15 is 0 Å². The first-order valence-corrected chi connectivity index (χ1v) is 9.53. The maximum atomic E-state index is 2.85. The third-order valence-corrected chi connectivity index (χ3v) is 5.33. The molecule has 0 aromatic heterocycles. The molecule has 0 N–H and O–H groups in total.